The fourth-order valence-corrected chi connectivity index (χ4v) is 7.33. The van der Waals surface area contributed by atoms with Crippen LogP contribution in [0, 0.1) is 6.92 Å². The van der Waals surface area contributed by atoms with E-state index in [2.05, 4.69) is 0 Å². The molecular formula is C22H21O3Sb. The van der Waals surface area contributed by atoms with Crippen molar-refractivity contribution in [3.05, 3.63) is 90.5 Å². The molecule has 0 saturated carbocycles. The molecule has 132 valence electrons. The predicted octanol–water partition coefficient (Wildman–Crippen LogP) is 3.11. The van der Waals surface area contributed by atoms with E-state index < -0.39 is 26.7 Å². The standard InChI is InChI=1S/C10H12O3.2C6H5.Sb/c1-7-3-5-9(6-4-7)13-8(2)10(11)12;2*1-2-4-6-5-3-1;/h3-6,8H,1-2H3,(H,11,12);2*1-5H;/q;;;+1/p-1. The molecule has 3 aromatic carbocycles. The van der Waals surface area contributed by atoms with Crippen LogP contribution >= 0.6 is 0 Å². The first kappa shape index (κ1) is 18.5. The first-order valence-electron chi connectivity index (χ1n) is 8.49. The van der Waals surface area contributed by atoms with Gasteiger partial charge in [-0.1, -0.05) is 0 Å². The van der Waals surface area contributed by atoms with Gasteiger partial charge in [-0.05, 0) is 0 Å². The fourth-order valence-electron chi connectivity index (χ4n) is 2.41. The van der Waals surface area contributed by atoms with Crippen molar-refractivity contribution in [2.75, 3.05) is 0 Å². The van der Waals surface area contributed by atoms with Gasteiger partial charge < -0.3 is 0 Å². The summed E-state index contributed by atoms with van der Waals surface area (Å²) in [6, 6.07) is 27.7. The SMILES string of the molecule is Cc1ccc(OC(C)C(=O)[O][Sb]([c]2ccccc2)[c]2ccccc2)cc1. The van der Waals surface area contributed by atoms with Crippen molar-refractivity contribution in [2.24, 2.45) is 0 Å². The molecule has 4 heteroatoms. The fraction of sp³-hybridized carbons (Fsp3) is 0.136. The molecule has 0 aliphatic carbocycles. The van der Waals surface area contributed by atoms with Gasteiger partial charge in [0.15, 0.2) is 0 Å². The van der Waals surface area contributed by atoms with Gasteiger partial charge >= 0.3 is 162 Å². The van der Waals surface area contributed by atoms with E-state index in [9.17, 15) is 4.79 Å². The Labute approximate surface area is 162 Å². The second-order valence-corrected chi connectivity index (χ2v) is 11.1. The molecule has 1 atom stereocenters. The number of rotatable bonds is 6. The van der Waals surface area contributed by atoms with Gasteiger partial charge in [0.1, 0.15) is 0 Å². The van der Waals surface area contributed by atoms with Gasteiger partial charge in [-0.3, -0.25) is 0 Å². The molecule has 3 nitrogen and oxygen atoms in total. The monoisotopic (exact) mass is 454 g/mol. The van der Waals surface area contributed by atoms with E-state index >= 15 is 0 Å². The van der Waals surface area contributed by atoms with Crippen molar-refractivity contribution in [1.29, 1.82) is 0 Å². The molecule has 0 saturated heterocycles. The maximum absolute atomic E-state index is 12.7. The molecule has 0 aliphatic rings. The summed E-state index contributed by atoms with van der Waals surface area (Å²) in [7, 11) is 0. The van der Waals surface area contributed by atoms with Crippen LogP contribution in [0.5, 0.6) is 5.75 Å². The van der Waals surface area contributed by atoms with Crippen LogP contribution in [0.1, 0.15) is 12.5 Å². The first-order valence-corrected chi connectivity index (χ1v) is 12.1. The molecule has 0 amide bonds. The van der Waals surface area contributed by atoms with E-state index in [1.165, 1.54) is 0 Å². The normalized spacial score (nSPS) is 11.8. The number of hydrogen-bond donors (Lipinski definition) is 0. The molecule has 0 bridgehead atoms. The summed E-state index contributed by atoms with van der Waals surface area (Å²) in [5.41, 5.74) is 1.15. The minimum absolute atomic E-state index is 0.318. The summed E-state index contributed by atoms with van der Waals surface area (Å²) >= 11 is -2.64. The zero-order valence-corrected chi connectivity index (χ0v) is 17.4. The van der Waals surface area contributed by atoms with E-state index in [0.717, 1.165) is 12.6 Å². The summed E-state index contributed by atoms with van der Waals surface area (Å²) in [5.74, 6) is 0.351. The van der Waals surface area contributed by atoms with Crippen LogP contribution in [0.4, 0.5) is 0 Å². The van der Waals surface area contributed by atoms with E-state index in [1.54, 1.807) is 6.92 Å². The van der Waals surface area contributed by atoms with Crippen molar-refractivity contribution in [3.63, 3.8) is 0 Å². The van der Waals surface area contributed by atoms with Crippen molar-refractivity contribution in [3.8, 4) is 5.75 Å². The zero-order chi connectivity index (χ0) is 18.4. The van der Waals surface area contributed by atoms with E-state index in [1.807, 2.05) is 91.9 Å². The Kier molecular flexibility index (Phi) is 6.35. The molecule has 0 aliphatic heterocycles. The number of aryl methyl sites for hydroxylation is 1. The van der Waals surface area contributed by atoms with Gasteiger partial charge in [0.2, 0.25) is 0 Å². The van der Waals surface area contributed by atoms with Crippen LogP contribution in [-0.2, 0) is 7.81 Å². The van der Waals surface area contributed by atoms with E-state index in [0.29, 0.717) is 5.75 Å². The van der Waals surface area contributed by atoms with Gasteiger partial charge in [0.25, 0.3) is 0 Å². The molecular weight excluding hydrogens is 434 g/mol. The molecule has 0 fully saturated rings. The van der Waals surface area contributed by atoms with Crippen LogP contribution in [0.15, 0.2) is 84.9 Å². The Bertz CT molecular complexity index is 793. The van der Waals surface area contributed by atoms with Crippen molar-refractivity contribution in [1.82, 2.24) is 0 Å². The van der Waals surface area contributed by atoms with Crippen molar-refractivity contribution in [2.45, 2.75) is 20.0 Å². The van der Waals surface area contributed by atoms with Crippen LogP contribution in [-0.4, -0.2) is 32.7 Å². The zero-order valence-electron chi connectivity index (χ0n) is 14.8. The first-order chi connectivity index (χ1) is 12.6. The Balaban J connectivity index is 1.75. The number of hydrogen-bond acceptors (Lipinski definition) is 3. The molecule has 0 radical (unpaired) electrons. The second kappa shape index (κ2) is 8.91. The Hall–Kier alpha value is -2.25. The number of benzene rings is 3. The van der Waals surface area contributed by atoms with Crippen LogP contribution in [0.3, 0.4) is 0 Å². The molecule has 0 N–H and O–H groups in total. The average molecular weight is 455 g/mol. The molecule has 26 heavy (non-hydrogen) atoms. The third-order valence-electron chi connectivity index (χ3n) is 3.83. The Morgan fingerprint density at radius 1 is 0.808 bits per heavy atom. The summed E-state index contributed by atoms with van der Waals surface area (Å²) in [6.45, 7) is 3.75. The van der Waals surface area contributed by atoms with Crippen molar-refractivity contribution < 1.29 is 12.5 Å². The Morgan fingerprint density at radius 2 is 1.31 bits per heavy atom. The summed E-state index contributed by atoms with van der Waals surface area (Å²) in [6.07, 6.45) is -0.655. The topological polar surface area (TPSA) is 35.5 Å². The third-order valence-corrected chi connectivity index (χ3v) is 9.24. The third kappa shape index (κ3) is 4.89. The van der Waals surface area contributed by atoms with Gasteiger partial charge in [0, 0.05) is 0 Å². The van der Waals surface area contributed by atoms with Gasteiger partial charge in [0.05, 0.1) is 0 Å². The minimum atomic E-state index is -2.64. The van der Waals surface area contributed by atoms with Gasteiger partial charge in [-0.25, -0.2) is 0 Å². The molecule has 1 unspecified atom stereocenters. The maximum atomic E-state index is 12.7. The number of ether oxygens (including phenoxy) is 1. The van der Waals surface area contributed by atoms with Crippen LogP contribution in [0.2, 0.25) is 0 Å². The van der Waals surface area contributed by atoms with Crippen molar-refractivity contribution >= 4 is 33.6 Å². The van der Waals surface area contributed by atoms with Gasteiger partial charge in [-0.15, -0.1) is 0 Å². The summed E-state index contributed by atoms with van der Waals surface area (Å²) < 4.78 is 14.0. The predicted molar refractivity (Wildman–Crippen MR) is 105 cm³/mol. The summed E-state index contributed by atoms with van der Waals surface area (Å²) in [5, 5.41) is 0. The quantitative estimate of drug-likeness (QED) is 0.537. The van der Waals surface area contributed by atoms with E-state index in [4.69, 9.17) is 7.75 Å². The average Bonchev–Trinajstić information content (AvgIpc) is 2.69. The van der Waals surface area contributed by atoms with Crippen LogP contribution in [0.25, 0.3) is 0 Å². The second-order valence-electron chi connectivity index (χ2n) is 5.95. The molecule has 0 aromatic heterocycles. The molecule has 3 rings (SSSR count). The Morgan fingerprint density at radius 3 is 1.81 bits per heavy atom. The molecule has 0 spiro atoms. The number of carbonyl (C=O) groups excluding carboxylic acids is 1. The van der Waals surface area contributed by atoms with Gasteiger partial charge in [-0.2, -0.15) is 0 Å². The number of carbonyl (C=O) groups is 1. The molecule has 3 aromatic rings. The summed E-state index contributed by atoms with van der Waals surface area (Å²) in [4.78, 5) is 12.7. The van der Waals surface area contributed by atoms with E-state index in [-0.39, 0.29) is 5.97 Å². The molecule has 0 heterocycles. The van der Waals surface area contributed by atoms with Crippen LogP contribution < -0.4 is 11.8 Å².